The molecule has 1 aliphatic rings. The molecule has 3 aromatic carbocycles. The van der Waals surface area contributed by atoms with E-state index in [1.165, 1.54) is 14.2 Å². The van der Waals surface area contributed by atoms with Crippen LogP contribution in [0.4, 0.5) is 5.69 Å². The van der Waals surface area contributed by atoms with Crippen molar-refractivity contribution in [3.63, 3.8) is 0 Å². The molecule has 0 aromatic heterocycles. The molecule has 1 fully saturated rings. The van der Waals surface area contributed by atoms with Crippen LogP contribution in [0.3, 0.4) is 0 Å². The van der Waals surface area contributed by atoms with Gasteiger partial charge in [0.2, 0.25) is 0 Å². The summed E-state index contributed by atoms with van der Waals surface area (Å²) in [6.07, 6.45) is 0. The van der Waals surface area contributed by atoms with Crippen molar-refractivity contribution in [2.45, 2.75) is 12.1 Å². The minimum absolute atomic E-state index is 0.398. The van der Waals surface area contributed by atoms with Crippen LogP contribution in [0.1, 0.15) is 23.2 Å². The van der Waals surface area contributed by atoms with E-state index in [0.29, 0.717) is 0 Å². The Labute approximate surface area is 182 Å². The van der Waals surface area contributed by atoms with Gasteiger partial charge in [-0.3, -0.25) is 9.59 Å². The second kappa shape index (κ2) is 9.04. The van der Waals surface area contributed by atoms with Gasteiger partial charge in [-0.05, 0) is 23.3 Å². The van der Waals surface area contributed by atoms with Gasteiger partial charge in [-0.25, -0.2) is 0 Å². The van der Waals surface area contributed by atoms with Crippen LogP contribution >= 0.6 is 0 Å². The lowest BCUT2D eigenvalue weighted by molar-refractivity contribution is -0.157. The van der Waals surface area contributed by atoms with Crippen LogP contribution in [0.2, 0.25) is 0 Å². The SMILES string of the molecule is COC(=O)[C@@H]1[C@H](C(=O)OC)[C@H](c2ccccc2)N(c2ccccc2)[C@H]1c1ccccc1. The number of methoxy groups -OCH3 is 2. The second-order valence-corrected chi connectivity index (χ2v) is 7.55. The van der Waals surface area contributed by atoms with Crippen LogP contribution < -0.4 is 4.90 Å². The average molecular weight is 415 g/mol. The number of hydrogen-bond donors (Lipinski definition) is 0. The van der Waals surface area contributed by atoms with E-state index in [1.807, 2.05) is 91.0 Å². The fourth-order valence-corrected chi connectivity index (χ4v) is 4.69. The third-order valence-electron chi connectivity index (χ3n) is 5.95. The third kappa shape index (κ3) is 3.79. The zero-order valence-electron chi connectivity index (χ0n) is 17.5. The van der Waals surface area contributed by atoms with Gasteiger partial charge < -0.3 is 14.4 Å². The van der Waals surface area contributed by atoms with Gasteiger partial charge in [0.05, 0.1) is 38.1 Å². The Morgan fingerprint density at radius 2 is 0.968 bits per heavy atom. The first-order chi connectivity index (χ1) is 15.2. The van der Waals surface area contributed by atoms with Crippen LogP contribution in [0.25, 0.3) is 0 Å². The van der Waals surface area contributed by atoms with Gasteiger partial charge in [0, 0.05) is 5.69 Å². The Kier molecular flexibility index (Phi) is 6.03. The number of nitrogens with zero attached hydrogens (tertiary/aromatic N) is 1. The van der Waals surface area contributed by atoms with Crippen molar-refractivity contribution in [2.75, 3.05) is 19.1 Å². The zero-order valence-corrected chi connectivity index (χ0v) is 17.5. The molecule has 0 saturated carbocycles. The predicted molar refractivity (Wildman–Crippen MR) is 118 cm³/mol. The second-order valence-electron chi connectivity index (χ2n) is 7.55. The number of carbonyl (C=O) groups is 2. The largest absolute Gasteiger partial charge is 0.469 e. The van der Waals surface area contributed by atoms with Crippen molar-refractivity contribution >= 4 is 17.6 Å². The summed E-state index contributed by atoms with van der Waals surface area (Å²) in [7, 11) is 2.73. The Hall–Kier alpha value is -3.60. The number of esters is 2. The molecule has 5 heteroatoms. The molecule has 1 aliphatic heterocycles. The average Bonchev–Trinajstić information content (AvgIpc) is 3.21. The quantitative estimate of drug-likeness (QED) is 0.572. The van der Waals surface area contributed by atoms with Crippen LogP contribution in [0.5, 0.6) is 0 Å². The van der Waals surface area contributed by atoms with Crippen LogP contribution in [-0.4, -0.2) is 26.2 Å². The molecule has 5 nitrogen and oxygen atoms in total. The summed E-state index contributed by atoms with van der Waals surface area (Å²) in [5, 5.41) is 0. The number of benzene rings is 3. The summed E-state index contributed by atoms with van der Waals surface area (Å²) < 4.78 is 10.4. The highest BCUT2D eigenvalue weighted by molar-refractivity contribution is 5.86. The highest BCUT2D eigenvalue weighted by Gasteiger charge is 2.57. The lowest BCUT2D eigenvalue weighted by Gasteiger charge is -2.34. The van der Waals surface area contributed by atoms with Crippen molar-refractivity contribution in [1.29, 1.82) is 0 Å². The van der Waals surface area contributed by atoms with Crippen LogP contribution in [-0.2, 0) is 19.1 Å². The third-order valence-corrected chi connectivity index (χ3v) is 5.95. The molecule has 158 valence electrons. The first-order valence-electron chi connectivity index (χ1n) is 10.3. The molecule has 4 rings (SSSR count). The number of hydrogen-bond acceptors (Lipinski definition) is 5. The van der Waals surface area contributed by atoms with Gasteiger partial charge in [-0.1, -0.05) is 78.9 Å². The molecule has 1 saturated heterocycles. The van der Waals surface area contributed by atoms with Gasteiger partial charge >= 0.3 is 11.9 Å². The Morgan fingerprint density at radius 1 is 0.613 bits per heavy atom. The number of rotatable bonds is 5. The molecule has 0 aliphatic carbocycles. The minimum atomic E-state index is -0.731. The molecular weight excluding hydrogens is 390 g/mol. The topological polar surface area (TPSA) is 55.8 Å². The molecule has 0 radical (unpaired) electrons. The lowest BCUT2D eigenvalue weighted by Crippen LogP contribution is -2.32. The normalized spacial score (nSPS) is 22.7. The number of anilines is 1. The zero-order chi connectivity index (χ0) is 21.8. The van der Waals surface area contributed by atoms with E-state index in [-0.39, 0.29) is 0 Å². The van der Waals surface area contributed by atoms with Crippen molar-refractivity contribution in [1.82, 2.24) is 0 Å². The van der Waals surface area contributed by atoms with E-state index < -0.39 is 35.9 Å². The fourth-order valence-electron chi connectivity index (χ4n) is 4.69. The molecule has 31 heavy (non-hydrogen) atoms. The van der Waals surface area contributed by atoms with E-state index in [0.717, 1.165) is 16.8 Å². The molecule has 4 atom stereocenters. The summed E-state index contributed by atoms with van der Waals surface area (Å²) in [6.45, 7) is 0. The smallest absolute Gasteiger partial charge is 0.312 e. The summed E-state index contributed by atoms with van der Waals surface area (Å²) in [5.41, 5.74) is 2.80. The van der Waals surface area contributed by atoms with E-state index in [2.05, 4.69) is 4.90 Å². The number of para-hydroxylation sites is 1. The monoisotopic (exact) mass is 415 g/mol. The summed E-state index contributed by atoms with van der Waals surface area (Å²) in [4.78, 5) is 28.4. The molecule has 0 spiro atoms. The summed E-state index contributed by atoms with van der Waals surface area (Å²) in [6, 6.07) is 28.6. The van der Waals surface area contributed by atoms with E-state index in [9.17, 15) is 9.59 Å². The first-order valence-corrected chi connectivity index (χ1v) is 10.3. The van der Waals surface area contributed by atoms with E-state index in [1.54, 1.807) is 0 Å². The Balaban J connectivity index is 1.99. The summed E-state index contributed by atoms with van der Waals surface area (Å²) in [5.74, 6) is -2.32. The molecule has 0 N–H and O–H groups in total. The van der Waals surface area contributed by atoms with Gasteiger partial charge in [0.25, 0.3) is 0 Å². The Morgan fingerprint density at radius 3 is 1.32 bits per heavy atom. The predicted octanol–water partition coefficient (Wildman–Crippen LogP) is 4.57. The van der Waals surface area contributed by atoms with E-state index >= 15 is 0 Å². The standard InChI is InChI=1S/C26H25NO4/c1-30-25(28)21-22(26(29)31-2)24(19-14-8-4-9-15-19)27(20-16-10-5-11-17-20)23(21)18-12-6-3-7-13-18/h3-17,21-24H,1-2H3/t21-,22+,23-,24-/m0/s1. The molecule has 0 unspecified atom stereocenters. The van der Waals surface area contributed by atoms with Crippen LogP contribution in [0, 0.1) is 11.8 Å². The van der Waals surface area contributed by atoms with Gasteiger partial charge in [-0.15, -0.1) is 0 Å². The maximum absolute atomic E-state index is 13.1. The number of carbonyl (C=O) groups excluding carboxylic acids is 2. The minimum Gasteiger partial charge on any atom is -0.469 e. The maximum Gasteiger partial charge on any atom is 0.312 e. The van der Waals surface area contributed by atoms with Crippen molar-refractivity contribution in [2.24, 2.45) is 11.8 Å². The van der Waals surface area contributed by atoms with Gasteiger partial charge in [0.1, 0.15) is 0 Å². The molecule has 1 heterocycles. The fraction of sp³-hybridized carbons (Fsp3) is 0.231. The van der Waals surface area contributed by atoms with Gasteiger partial charge in [0.15, 0.2) is 0 Å². The molecule has 3 aromatic rings. The van der Waals surface area contributed by atoms with Crippen LogP contribution in [0.15, 0.2) is 91.0 Å². The lowest BCUT2D eigenvalue weighted by atomic mass is 9.82. The molecule has 0 amide bonds. The molecule has 0 bridgehead atoms. The van der Waals surface area contributed by atoms with Crippen molar-refractivity contribution < 1.29 is 19.1 Å². The number of ether oxygens (including phenoxy) is 2. The van der Waals surface area contributed by atoms with Crippen molar-refractivity contribution in [3.8, 4) is 0 Å². The van der Waals surface area contributed by atoms with Crippen molar-refractivity contribution in [3.05, 3.63) is 102 Å². The van der Waals surface area contributed by atoms with E-state index in [4.69, 9.17) is 9.47 Å². The summed E-state index contributed by atoms with van der Waals surface area (Å²) >= 11 is 0. The molecular formula is C26H25NO4. The maximum atomic E-state index is 13.1. The first kappa shape index (κ1) is 20.7. The highest BCUT2D eigenvalue weighted by atomic mass is 16.5. The highest BCUT2D eigenvalue weighted by Crippen LogP contribution is 2.54. The Bertz CT molecular complexity index is 958. The van der Waals surface area contributed by atoms with Gasteiger partial charge in [-0.2, -0.15) is 0 Å².